The molecule has 180 valence electrons. The molecule has 2 N–H and O–H groups in total. The predicted octanol–water partition coefficient (Wildman–Crippen LogP) is 7.49. The van der Waals surface area contributed by atoms with Crippen molar-refractivity contribution in [1.82, 2.24) is 0 Å². The summed E-state index contributed by atoms with van der Waals surface area (Å²) in [4.78, 5) is 13.7. The Morgan fingerprint density at radius 3 is 2.49 bits per heavy atom. The van der Waals surface area contributed by atoms with Crippen LogP contribution in [0.2, 0.25) is 5.02 Å². The van der Waals surface area contributed by atoms with Crippen LogP contribution in [0.5, 0.6) is 11.5 Å². The molecule has 5 nitrogen and oxygen atoms in total. The average molecular weight is 554 g/mol. The van der Waals surface area contributed by atoms with Crippen molar-refractivity contribution in [1.29, 1.82) is 0 Å². The van der Waals surface area contributed by atoms with Gasteiger partial charge >= 0.3 is 0 Å². The number of anilines is 2. The van der Waals surface area contributed by atoms with E-state index in [-0.39, 0.29) is 17.7 Å². The molecule has 0 radical (unpaired) electrons. The SMILES string of the molecule is CCOc1c(Br)cc(C2Nc3ccccc3NC3=C2C(=O)CC(c2ccc(Cl)cc2)C3)cc1OC. The van der Waals surface area contributed by atoms with Crippen molar-refractivity contribution in [3.05, 3.63) is 92.6 Å². The molecule has 5 rings (SSSR count). The number of rotatable bonds is 5. The summed E-state index contributed by atoms with van der Waals surface area (Å²) in [7, 11) is 1.62. The number of hydrogen-bond acceptors (Lipinski definition) is 5. The zero-order valence-electron chi connectivity index (χ0n) is 19.5. The summed E-state index contributed by atoms with van der Waals surface area (Å²) >= 11 is 9.75. The molecule has 0 saturated heterocycles. The molecule has 0 amide bonds. The molecule has 2 aliphatic rings. The molecule has 0 spiro atoms. The lowest BCUT2D eigenvalue weighted by Crippen LogP contribution is -2.27. The summed E-state index contributed by atoms with van der Waals surface area (Å²) in [6, 6.07) is 19.4. The first-order chi connectivity index (χ1) is 17.0. The molecule has 7 heteroatoms. The molecule has 1 heterocycles. The van der Waals surface area contributed by atoms with Gasteiger partial charge in [0.1, 0.15) is 0 Å². The van der Waals surface area contributed by atoms with Crippen molar-refractivity contribution in [3.8, 4) is 11.5 Å². The fourth-order valence-electron chi connectivity index (χ4n) is 4.90. The van der Waals surface area contributed by atoms with Gasteiger partial charge in [0.25, 0.3) is 0 Å². The van der Waals surface area contributed by atoms with E-state index in [1.807, 2.05) is 67.6 Å². The van der Waals surface area contributed by atoms with Crippen LogP contribution in [0.4, 0.5) is 11.4 Å². The number of carbonyl (C=O) groups is 1. The van der Waals surface area contributed by atoms with Crippen molar-refractivity contribution in [2.24, 2.45) is 0 Å². The van der Waals surface area contributed by atoms with Crippen LogP contribution in [0.15, 0.2) is 76.4 Å². The Morgan fingerprint density at radius 1 is 1.03 bits per heavy atom. The van der Waals surface area contributed by atoms with Crippen LogP contribution in [0.25, 0.3) is 0 Å². The standard InChI is InChI=1S/C28H26BrClN2O3/c1-3-35-28-20(29)12-18(15-25(28)34-2)27-26-23(31-21-6-4-5-7-22(21)32-27)13-17(14-24(26)33)16-8-10-19(30)11-9-16/h4-12,15,17,27,31-32H,3,13-14H2,1-2H3. The van der Waals surface area contributed by atoms with Crippen molar-refractivity contribution < 1.29 is 14.3 Å². The van der Waals surface area contributed by atoms with Crippen LogP contribution in [-0.2, 0) is 4.79 Å². The van der Waals surface area contributed by atoms with E-state index in [0.29, 0.717) is 29.5 Å². The molecule has 35 heavy (non-hydrogen) atoms. The molecule has 0 bridgehead atoms. The van der Waals surface area contributed by atoms with E-state index < -0.39 is 0 Å². The summed E-state index contributed by atoms with van der Waals surface area (Å²) in [5, 5.41) is 7.89. The third kappa shape index (κ3) is 4.65. The van der Waals surface area contributed by atoms with Gasteiger partial charge in [0.15, 0.2) is 17.3 Å². The Labute approximate surface area is 218 Å². The van der Waals surface area contributed by atoms with Crippen LogP contribution in [0.3, 0.4) is 0 Å². The summed E-state index contributed by atoms with van der Waals surface area (Å²) < 4.78 is 12.2. The van der Waals surface area contributed by atoms with Gasteiger partial charge in [0.05, 0.1) is 35.6 Å². The number of nitrogens with one attached hydrogen (secondary N) is 2. The zero-order chi connectivity index (χ0) is 24.5. The van der Waals surface area contributed by atoms with E-state index in [1.165, 1.54) is 0 Å². The second-order valence-electron chi connectivity index (χ2n) is 8.69. The quantitative estimate of drug-likeness (QED) is 0.343. The minimum absolute atomic E-state index is 0.0820. The van der Waals surface area contributed by atoms with Gasteiger partial charge in [-0.15, -0.1) is 0 Å². The number of halogens is 2. The lowest BCUT2D eigenvalue weighted by Gasteiger charge is -2.30. The van der Waals surface area contributed by atoms with E-state index in [4.69, 9.17) is 21.1 Å². The molecule has 1 aliphatic heterocycles. The van der Waals surface area contributed by atoms with Crippen LogP contribution < -0.4 is 20.1 Å². The number of para-hydroxylation sites is 2. The maximum atomic E-state index is 13.7. The van der Waals surface area contributed by atoms with Gasteiger partial charge < -0.3 is 20.1 Å². The number of Topliss-reactive ketones (excluding diaryl/α,β-unsaturated/α-hetero) is 1. The molecule has 2 atom stereocenters. The fourth-order valence-corrected chi connectivity index (χ4v) is 5.60. The number of carbonyl (C=O) groups excluding carboxylic acids is 1. The van der Waals surface area contributed by atoms with Gasteiger partial charge in [-0.3, -0.25) is 4.79 Å². The second kappa shape index (κ2) is 9.96. The Morgan fingerprint density at radius 2 is 1.77 bits per heavy atom. The smallest absolute Gasteiger partial charge is 0.175 e. The number of allylic oxidation sites excluding steroid dienone is 1. The van der Waals surface area contributed by atoms with Crippen LogP contribution in [-0.4, -0.2) is 19.5 Å². The van der Waals surface area contributed by atoms with E-state index >= 15 is 0 Å². The van der Waals surface area contributed by atoms with Crippen molar-refractivity contribution >= 4 is 44.7 Å². The van der Waals surface area contributed by atoms with Gasteiger partial charge in [-0.2, -0.15) is 0 Å². The number of benzene rings is 3. The van der Waals surface area contributed by atoms with Crippen molar-refractivity contribution in [2.45, 2.75) is 31.7 Å². The van der Waals surface area contributed by atoms with Gasteiger partial charge in [-0.25, -0.2) is 0 Å². The molecule has 3 aromatic carbocycles. The van der Waals surface area contributed by atoms with E-state index in [2.05, 4.69) is 26.6 Å². The molecular weight excluding hydrogens is 528 g/mol. The molecule has 0 fully saturated rings. The van der Waals surface area contributed by atoms with E-state index in [1.54, 1.807) is 7.11 Å². The first-order valence-corrected chi connectivity index (χ1v) is 12.8. The third-order valence-corrected chi connectivity index (χ3v) is 7.37. The van der Waals surface area contributed by atoms with Crippen LogP contribution in [0, 0.1) is 0 Å². The minimum Gasteiger partial charge on any atom is -0.493 e. The first-order valence-electron chi connectivity index (χ1n) is 11.6. The van der Waals surface area contributed by atoms with Crippen LogP contribution in [0.1, 0.15) is 42.9 Å². The maximum Gasteiger partial charge on any atom is 0.175 e. The average Bonchev–Trinajstić information content (AvgIpc) is 3.02. The van der Waals surface area contributed by atoms with Crippen molar-refractivity contribution in [2.75, 3.05) is 24.4 Å². The number of fused-ring (bicyclic) bond motifs is 1. The molecule has 0 aromatic heterocycles. The molecule has 0 saturated carbocycles. The highest BCUT2D eigenvalue weighted by Crippen LogP contribution is 2.46. The monoisotopic (exact) mass is 552 g/mol. The van der Waals surface area contributed by atoms with E-state index in [0.717, 1.165) is 44.7 Å². The highest BCUT2D eigenvalue weighted by Gasteiger charge is 2.36. The lowest BCUT2D eigenvalue weighted by atomic mass is 9.78. The largest absolute Gasteiger partial charge is 0.493 e. The van der Waals surface area contributed by atoms with Gasteiger partial charge in [0, 0.05) is 22.7 Å². The summed E-state index contributed by atoms with van der Waals surface area (Å²) in [5.74, 6) is 1.47. The maximum absolute atomic E-state index is 13.7. The lowest BCUT2D eigenvalue weighted by molar-refractivity contribution is -0.116. The van der Waals surface area contributed by atoms with Gasteiger partial charge in [-0.05, 0) is 82.7 Å². The molecule has 1 aliphatic carbocycles. The highest BCUT2D eigenvalue weighted by molar-refractivity contribution is 9.10. The molecule has 3 aromatic rings. The Kier molecular flexibility index (Phi) is 6.76. The zero-order valence-corrected chi connectivity index (χ0v) is 21.9. The Balaban J connectivity index is 1.62. The number of ether oxygens (including phenoxy) is 2. The Hall–Kier alpha value is -2.96. The normalized spacial score (nSPS) is 19.1. The molecule has 2 unspecified atom stereocenters. The topological polar surface area (TPSA) is 59.6 Å². The summed E-state index contributed by atoms with van der Waals surface area (Å²) in [5.41, 5.74) is 5.61. The second-order valence-corrected chi connectivity index (χ2v) is 9.98. The highest BCUT2D eigenvalue weighted by atomic mass is 79.9. The van der Waals surface area contributed by atoms with E-state index in [9.17, 15) is 4.79 Å². The number of hydrogen-bond donors (Lipinski definition) is 2. The van der Waals surface area contributed by atoms with Gasteiger partial charge in [0.2, 0.25) is 0 Å². The molecular formula is C28H26BrClN2O3. The van der Waals surface area contributed by atoms with Crippen LogP contribution >= 0.6 is 27.5 Å². The summed E-state index contributed by atoms with van der Waals surface area (Å²) in [6.45, 7) is 2.46. The third-order valence-electron chi connectivity index (χ3n) is 6.52. The minimum atomic E-state index is -0.347. The predicted molar refractivity (Wildman–Crippen MR) is 144 cm³/mol. The summed E-state index contributed by atoms with van der Waals surface area (Å²) in [6.07, 6.45) is 1.16. The van der Waals surface area contributed by atoms with Crippen molar-refractivity contribution in [3.63, 3.8) is 0 Å². The Bertz CT molecular complexity index is 1310. The number of methoxy groups -OCH3 is 1. The first kappa shape index (κ1) is 23.8. The number of ketones is 1. The van der Waals surface area contributed by atoms with Gasteiger partial charge in [-0.1, -0.05) is 35.9 Å². The fraction of sp³-hybridized carbons (Fsp3) is 0.250.